The van der Waals surface area contributed by atoms with E-state index in [-0.39, 0.29) is 11.7 Å². The van der Waals surface area contributed by atoms with E-state index in [0.717, 1.165) is 29.3 Å². The standard InChI is InChI=1S/C16H22BrFO/c1-11-9-15(2,3)4-5-16(11,19)10-12-6-13(17)8-14(18)7-12/h6-8,11,19H,4-5,9-10H2,1-3H3. The van der Waals surface area contributed by atoms with Crippen LogP contribution in [0.1, 0.15) is 45.6 Å². The first-order valence-corrected chi connectivity index (χ1v) is 7.67. The van der Waals surface area contributed by atoms with Crippen LogP contribution in [-0.2, 0) is 6.42 Å². The Kier molecular flexibility index (Phi) is 4.08. The maximum atomic E-state index is 13.4. The van der Waals surface area contributed by atoms with E-state index in [2.05, 4.69) is 36.7 Å². The quantitative estimate of drug-likeness (QED) is 0.833. The maximum absolute atomic E-state index is 13.4. The monoisotopic (exact) mass is 328 g/mol. The minimum atomic E-state index is -0.706. The zero-order valence-electron chi connectivity index (χ0n) is 11.8. The van der Waals surface area contributed by atoms with Crippen LogP contribution in [0.4, 0.5) is 4.39 Å². The highest BCUT2D eigenvalue weighted by atomic mass is 79.9. The van der Waals surface area contributed by atoms with Crippen LogP contribution in [0.2, 0.25) is 0 Å². The van der Waals surface area contributed by atoms with Gasteiger partial charge < -0.3 is 5.11 Å². The van der Waals surface area contributed by atoms with Crippen molar-refractivity contribution in [2.75, 3.05) is 0 Å². The lowest BCUT2D eigenvalue weighted by Crippen LogP contribution is -2.45. The lowest BCUT2D eigenvalue weighted by atomic mass is 9.64. The fourth-order valence-corrected chi connectivity index (χ4v) is 3.76. The van der Waals surface area contributed by atoms with Gasteiger partial charge in [-0.25, -0.2) is 4.39 Å². The molecule has 1 aromatic carbocycles. The van der Waals surface area contributed by atoms with Gasteiger partial charge in [-0.15, -0.1) is 0 Å². The Morgan fingerprint density at radius 2 is 2.00 bits per heavy atom. The smallest absolute Gasteiger partial charge is 0.124 e. The SMILES string of the molecule is CC1CC(C)(C)CCC1(O)Cc1cc(F)cc(Br)c1. The predicted octanol–water partition coefficient (Wildman–Crippen LogP) is 4.71. The summed E-state index contributed by atoms with van der Waals surface area (Å²) in [6, 6.07) is 4.86. The summed E-state index contributed by atoms with van der Waals surface area (Å²) in [4.78, 5) is 0. The molecule has 0 amide bonds. The molecule has 0 spiro atoms. The molecule has 0 heterocycles. The van der Waals surface area contributed by atoms with E-state index < -0.39 is 5.60 Å². The Balaban J connectivity index is 2.17. The largest absolute Gasteiger partial charge is 0.389 e. The van der Waals surface area contributed by atoms with E-state index in [9.17, 15) is 9.50 Å². The van der Waals surface area contributed by atoms with Crippen molar-refractivity contribution < 1.29 is 9.50 Å². The molecule has 1 N–H and O–H groups in total. The van der Waals surface area contributed by atoms with Gasteiger partial charge in [-0.3, -0.25) is 0 Å². The normalized spacial score (nSPS) is 30.3. The summed E-state index contributed by atoms with van der Waals surface area (Å²) in [6.07, 6.45) is 3.35. The lowest BCUT2D eigenvalue weighted by molar-refractivity contribution is -0.0704. The average molecular weight is 329 g/mol. The zero-order valence-corrected chi connectivity index (χ0v) is 13.4. The third-order valence-corrected chi connectivity index (χ3v) is 4.90. The third kappa shape index (κ3) is 3.57. The predicted molar refractivity (Wildman–Crippen MR) is 79.5 cm³/mol. The fraction of sp³-hybridized carbons (Fsp3) is 0.625. The van der Waals surface area contributed by atoms with Crippen molar-refractivity contribution in [3.63, 3.8) is 0 Å². The molecule has 0 aromatic heterocycles. The van der Waals surface area contributed by atoms with E-state index >= 15 is 0 Å². The van der Waals surface area contributed by atoms with Crippen LogP contribution in [0, 0.1) is 17.2 Å². The molecule has 0 saturated heterocycles. The second-order valence-corrected chi connectivity index (χ2v) is 7.74. The first-order chi connectivity index (χ1) is 8.70. The summed E-state index contributed by atoms with van der Waals surface area (Å²) in [6.45, 7) is 6.61. The minimum Gasteiger partial charge on any atom is -0.389 e. The molecule has 2 rings (SSSR count). The molecule has 0 radical (unpaired) electrons. The highest BCUT2D eigenvalue weighted by molar-refractivity contribution is 9.10. The van der Waals surface area contributed by atoms with Crippen molar-refractivity contribution >= 4 is 15.9 Å². The lowest BCUT2D eigenvalue weighted by Gasteiger charge is -2.45. The minimum absolute atomic E-state index is 0.235. The summed E-state index contributed by atoms with van der Waals surface area (Å²) in [5.74, 6) is -0.0185. The molecule has 0 aliphatic heterocycles. The van der Waals surface area contributed by atoms with Gasteiger partial charge in [-0.1, -0.05) is 36.7 Å². The van der Waals surface area contributed by atoms with Crippen molar-refractivity contribution in [2.24, 2.45) is 11.3 Å². The van der Waals surface area contributed by atoms with Crippen molar-refractivity contribution in [1.29, 1.82) is 0 Å². The molecule has 1 nitrogen and oxygen atoms in total. The van der Waals surface area contributed by atoms with Gasteiger partial charge >= 0.3 is 0 Å². The molecule has 0 bridgehead atoms. The summed E-state index contributed by atoms with van der Waals surface area (Å²) in [5.41, 5.74) is 0.456. The number of rotatable bonds is 2. The Bertz CT molecular complexity index is 452. The van der Waals surface area contributed by atoms with Crippen LogP contribution in [0.3, 0.4) is 0 Å². The van der Waals surface area contributed by atoms with E-state index in [1.165, 1.54) is 12.1 Å². The van der Waals surface area contributed by atoms with Crippen molar-refractivity contribution in [2.45, 2.75) is 52.1 Å². The molecular formula is C16H22BrFO. The molecule has 1 fully saturated rings. The van der Waals surface area contributed by atoms with E-state index in [1.807, 2.05) is 6.07 Å². The Labute approximate surface area is 123 Å². The third-order valence-electron chi connectivity index (χ3n) is 4.44. The molecule has 1 saturated carbocycles. The Morgan fingerprint density at radius 1 is 1.32 bits per heavy atom. The molecule has 19 heavy (non-hydrogen) atoms. The number of benzene rings is 1. The van der Waals surface area contributed by atoms with Gasteiger partial charge in [0.25, 0.3) is 0 Å². The number of hydrogen-bond donors (Lipinski definition) is 1. The average Bonchev–Trinajstić information content (AvgIpc) is 2.23. The molecule has 1 aliphatic rings. The molecule has 2 unspecified atom stereocenters. The molecule has 2 atom stereocenters. The van der Waals surface area contributed by atoms with Crippen LogP contribution >= 0.6 is 15.9 Å². The van der Waals surface area contributed by atoms with Crippen LogP contribution in [-0.4, -0.2) is 10.7 Å². The van der Waals surface area contributed by atoms with E-state index in [4.69, 9.17) is 0 Å². The molecule has 1 aromatic rings. The van der Waals surface area contributed by atoms with Crippen LogP contribution < -0.4 is 0 Å². The highest BCUT2D eigenvalue weighted by Crippen LogP contribution is 2.45. The van der Waals surface area contributed by atoms with Gasteiger partial charge in [0.05, 0.1) is 5.60 Å². The van der Waals surface area contributed by atoms with Crippen molar-refractivity contribution in [1.82, 2.24) is 0 Å². The first kappa shape index (κ1) is 15.0. The Morgan fingerprint density at radius 3 is 2.58 bits per heavy atom. The summed E-state index contributed by atoms with van der Waals surface area (Å²) < 4.78 is 14.1. The second kappa shape index (κ2) is 5.17. The molecular weight excluding hydrogens is 307 g/mol. The molecule has 1 aliphatic carbocycles. The van der Waals surface area contributed by atoms with Gasteiger partial charge in [-0.2, -0.15) is 0 Å². The fourth-order valence-electron chi connectivity index (χ4n) is 3.25. The topological polar surface area (TPSA) is 20.2 Å². The summed E-state index contributed by atoms with van der Waals surface area (Å²) >= 11 is 3.31. The Hall–Kier alpha value is -0.410. The van der Waals surface area contributed by atoms with Crippen LogP contribution in [0.25, 0.3) is 0 Å². The number of hydrogen-bond acceptors (Lipinski definition) is 1. The first-order valence-electron chi connectivity index (χ1n) is 6.88. The maximum Gasteiger partial charge on any atom is 0.124 e. The van der Waals surface area contributed by atoms with Gasteiger partial charge in [0.15, 0.2) is 0 Å². The second-order valence-electron chi connectivity index (χ2n) is 6.83. The van der Waals surface area contributed by atoms with Gasteiger partial charge in [0.2, 0.25) is 0 Å². The number of aliphatic hydroxyl groups is 1. The van der Waals surface area contributed by atoms with Crippen molar-refractivity contribution in [3.05, 3.63) is 34.1 Å². The van der Waals surface area contributed by atoms with Gasteiger partial charge in [0, 0.05) is 10.9 Å². The van der Waals surface area contributed by atoms with E-state index in [0.29, 0.717) is 11.8 Å². The highest BCUT2D eigenvalue weighted by Gasteiger charge is 2.42. The van der Waals surface area contributed by atoms with Crippen LogP contribution in [0.5, 0.6) is 0 Å². The van der Waals surface area contributed by atoms with Gasteiger partial charge in [0.1, 0.15) is 5.82 Å². The summed E-state index contributed by atoms with van der Waals surface area (Å²) in [7, 11) is 0. The summed E-state index contributed by atoms with van der Waals surface area (Å²) in [5, 5.41) is 10.9. The molecule has 106 valence electrons. The zero-order chi connectivity index (χ0) is 14.3. The molecule has 3 heteroatoms. The van der Waals surface area contributed by atoms with Crippen LogP contribution in [0.15, 0.2) is 22.7 Å². The number of halogens is 2. The van der Waals surface area contributed by atoms with E-state index in [1.54, 1.807) is 0 Å². The van der Waals surface area contributed by atoms with Gasteiger partial charge in [-0.05, 0) is 54.4 Å². The van der Waals surface area contributed by atoms with Crippen molar-refractivity contribution in [3.8, 4) is 0 Å².